The Hall–Kier alpha value is -2.83. The summed E-state index contributed by atoms with van der Waals surface area (Å²) >= 11 is 0. The first-order valence-corrected chi connectivity index (χ1v) is 9.94. The molecule has 0 radical (unpaired) electrons. The van der Waals surface area contributed by atoms with Crippen molar-refractivity contribution in [3.05, 3.63) is 65.9 Å². The lowest BCUT2D eigenvalue weighted by molar-refractivity contribution is -0.118. The number of nitrogens with one attached hydrogen (secondary N) is 2. The second kappa shape index (κ2) is 9.32. The monoisotopic (exact) mass is 427 g/mol. The van der Waals surface area contributed by atoms with Crippen molar-refractivity contribution in [2.24, 2.45) is 7.05 Å². The van der Waals surface area contributed by atoms with Gasteiger partial charge in [0.25, 0.3) is 0 Å². The van der Waals surface area contributed by atoms with Gasteiger partial charge >= 0.3 is 5.97 Å². The number of amides is 1. The van der Waals surface area contributed by atoms with Crippen molar-refractivity contribution in [3.8, 4) is 0 Å². The SMILES string of the molecule is CCOC(=O)c1cc2cc(NC(=O)[C@H]3NCC[C@H]3c3ccccc3)ccc2n1C.Cl. The highest BCUT2D eigenvalue weighted by Gasteiger charge is 2.33. The largest absolute Gasteiger partial charge is 0.461 e. The third kappa shape index (κ3) is 4.20. The zero-order valence-electron chi connectivity index (χ0n) is 17.1. The van der Waals surface area contributed by atoms with Crippen LogP contribution in [-0.2, 0) is 16.6 Å². The number of rotatable bonds is 5. The summed E-state index contributed by atoms with van der Waals surface area (Å²) in [4.78, 5) is 25.1. The van der Waals surface area contributed by atoms with Gasteiger partial charge in [-0.15, -0.1) is 12.4 Å². The van der Waals surface area contributed by atoms with Crippen molar-refractivity contribution in [2.45, 2.75) is 25.3 Å². The molecule has 1 fully saturated rings. The van der Waals surface area contributed by atoms with Crippen LogP contribution < -0.4 is 10.6 Å². The molecule has 1 saturated heterocycles. The Morgan fingerprint density at radius 2 is 1.93 bits per heavy atom. The van der Waals surface area contributed by atoms with Crippen LogP contribution in [-0.4, -0.2) is 35.6 Å². The normalized spacial score (nSPS) is 18.1. The molecule has 1 aliphatic heterocycles. The molecule has 2 N–H and O–H groups in total. The topological polar surface area (TPSA) is 72.4 Å². The number of anilines is 1. The van der Waals surface area contributed by atoms with Crippen LogP contribution in [0.25, 0.3) is 10.9 Å². The highest BCUT2D eigenvalue weighted by Crippen LogP contribution is 2.29. The minimum atomic E-state index is -0.349. The number of nitrogens with zero attached hydrogens (tertiary/aromatic N) is 1. The molecule has 158 valence electrons. The lowest BCUT2D eigenvalue weighted by Crippen LogP contribution is -2.39. The molecule has 0 saturated carbocycles. The van der Waals surface area contributed by atoms with Gasteiger partial charge in [-0.1, -0.05) is 30.3 Å². The predicted molar refractivity (Wildman–Crippen MR) is 120 cm³/mol. The van der Waals surface area contributed by atoms with Crippen LogP contribution >= 0.6 is 12.4 Å². The average molecular weight is 428 g/mol. The quantitative estimate of drug-likeness (QED) is 0.606. The molecule has 3 aromatic rings. The lowest BCUT2D eigenvalue weighted by Gasteiger charge is -2.19. The van der Waals surface area contributed by atoms with Gasteiger partial charge in [0.05, 0.1) is 12.6 Å². The highest BCUT2D eigenvalue weighted by atomic mass is 35.5. The maximum atomic E-state index is 12.9. The number of hydrogen-bond acceptors (Lipinski definition) is 4. The van der Waals surface area contributed by atoms with Gasteiger partial charge in [0.15, 0.2) is 0 Å². The van der Waals surface area contributed by atoms with E-state index in [9.17, 15) is 9.59 Å². The molecule has 6 nitrogen and oxygen atoms in total. The summed E-state index contributed by atoms with van der Waals surface area (Å²) in [5.41, 5.74) is 3.29. The summed E-state index contributed by atoms with van der Waals surface area (Å²) in [5.74, 6) is -0.234. The molecule has 2 heterocycles. The number of esters is 1. The summed E-state index contributed by atoms with van der Waals surface area (Å²) < 4.78 is 6.93. The van der Waals surface area contributed by atoms with Crippen LogP contribution in [0.15, 0.2) is 54.6 Å². The summed E-state index contributed by atoms with van der Waals surface area (Å²) in [6.45, 7) is 2.94. The molecule has 1 aliphatic rings. The van der Waals surface area contributed by atoms with Gasteiger partial charge in [-0.3, -0.25) is 4.79 Å². The zero-order chi connectivity index (χ0) is 20.4. The standard InChI is InChI=1S/C23H25N3O3.ClH/c1-3-29-23(28)20-14-16-13-17(9-10-19(16)26(20)2)25-22(27)21-18(11-12-24-21)15-7-5-4-6-8-15;/h4-10,13-14,18,21,24H,3,11-12H2,1-2H3,(H,25,27);1H/t18-,21-;/m0./s1. The van der Waals surface area contributed by atoms with Crippen molar-refractivity contribution >= 4 is 40.9 Å². The van der Waals surface area contributed by atoms with E-state index in [-0.39, 0.29) is 36.2 Å². The fourth-order valence-electron chi connectivity index (χ4n) is 4.09. The van der Waals surface area contributed by atoms with Gasteiger partial charge in [0.1, 0.15) is 5.69 Å². The minimum Gasteiger partial charge on any atom is -0.461 e. The average Bonchev–Trinajstić information content (AvgIpc) is 3.34. The molecule has 4 rings (SSSR count). The molecule has 0 unspecified atom stereocenters. The number of halogens is 1. The molecule has 0 bridgehead atoms. The number of fused-ring (bicyclic) bond motifs is 1. The fourth-order valence-corrected chi connectivity index (χ4v) is 4.09. The predicted octanol–water partition coefficient (Wildman–Crippen LogP) is 3.86. The third-order valence-electron chi connectivity index (χ3n) is 5.53. The first-order chi connectivity index (χ1) is 14.1. The molecule has 1 aromatic heterocycles. The Kier molecular flexibility index (Phi) is 6.80. The van der Waals surface area contributed by atoms with Gasteiger partial charge in [-0.05, 0) is 49.7 Å². The Labute approximate surface area is 182 Å². The van der Waals surface area contributed by atoms with Gasteiger partial charge in [0, 0.05) is 29.6 Å². The van der Waals surface area contributed by atoms with E-state index in [1.807, 2.05) is 48.0 Å². The van der Waals surface area contributed by atoms with Crippen molar-refractivity contribution in [2.75, 3.05) is 18.5 Å². The fraction of sp³-hybridized carbons (Fsp3) is 0.304. The van der Waals surface area contributed by atoms with E-state index in [0.717, 1.165) is 23.9 Å². The first kappa shape index (κ1) is 21.9. The maximum Gasteiger partial charge on any atom is 0.354 e. The van der Waals surface area contributed by atoms with Crippen LogP contribution in [0.2, 0.25) is 0 Å². The number of aromatic nitrogens is 1. The Morgan fingerprint density at radius 1 is 1.17 bits per heavy atom. The smallest absolute Gasteiger partial charge is 0.354 e. The highest BCUT2D eigenvalue weighted by molar-refractivity contribution is 6.00. The van der Waals surface area contributed by atoms with Crippen molar-refractivity contribution in [3.63, 3.8) is 0 Å². The van der Waals surface area contributed by atoms with E-state index in [4.69, 9.17) is 4.74 Å². The van der Waals surface area contributed by atoms with E-state index in [0.29, 0.717) is 18.0 Å². The van der Waals surface area contributed by atoms with Gasteiger partial charge in [0.2, 0.25) is 5.91 Å². The Morgan fingerprint density at radius 3 is 2.67 bits per heavy atom. The van der Waals surface area contributed by atoms with Crippen LogP contribution in [0, 0.1) is 0 Å². The number of ether oxygens (including phenoxy) is 1. The number of hydrogen-bond donors (Lipinski definition) is 2. The third-order valence-corrected chi connectivity index (χ3v) is 5.53. The van der Waals surface area contributed by atoms with Crippen molar-refractivity contribution in [1.82, 2.24) is 9.88 Å². The van der Waals surface area contributed by atoms with E-state index in [1.54, 1.807) is 13.0 Å². The van der Waals surface area contributed by atoms with E-state index >= 15 is 0 Å². The van der Waals surface area contributed by atoms with E-state index in [2.05, 4.69) is 22.8 Å². The van der Waals surface area contributed by atoms with Gasteiger partial charge in [-0.2, -0.15) is 0 Å². The molecule has 30 heavy (non-hydrogen) atoms. The number of carbonyl (C=O) groups excluding carboxylic acids is 2. The molecule has 0 spiro atoms. The maximum absolute atomic E-state index is 12.9. The Balaban J connectivity index is 0.00000256. The van der Waals surface area contributed by atoms with Crippen LogP contribution in [0.1, 0.15) is 35.3 Å². The Bertz CT molecular complexity index is 1050. The zero-order valence-corrected chi connectivity index (χ0v) is 17.9. The molecule has 2 atom stereocenters. The van der Waals surface area contributed by atoms with Crippen LogP contribution in [0.4, 0.5) is 5.69 Å². The number of benzene rings is 2. The lowest BCUT2D eigenvalue weighted by atomic mass is 9.91. The molecule has 2 aromatic carbocycles. The van der Waals surface area contributed by atoms with Crippen molar-refractivity contribution in [1.29, 1.82) is 0 Å². The van der Waals surface area contributed by atoms with Crippen molar-refractivity contribution < 1.29 is 14.3 Å². The molecule has 1 amide bonds. The van der Waals surface area contributed by atoms with Crippen LogP contribution in [0.5, 0.6) is 0 Å². The summed E-state index contributed by atoms with van der Waals surface area (Å²) in [6.07, 6.45) is 0.933. The summed E-state index contributed by atoms with van der Waals surface area (Å²) in [5, 5.41) is 7.24. The molecular weight excluding hydrogens is 402 g/mol. The second-order valence-electron chi connectivity index (χ2n) is 7.31. The van der Waals surface area contributed by atoms with Crippen LogP contribution in [0.3, 0.4) is 0 Å². The molecular formula is C23H26ClN3O3. The number of carbonyl (C=O) groups is 2. The summed E-state index contributed by atoms with van der Waals surface area (Å²) in [6, 6.07) is 17.3. The first-order valence-electron chi connectivity index (χ1n) is 9.94. The number of aryl methyl sites for hydroxylation is 1. The summed E-state index contributed by atoms with van der Waals surface area (Å²) in [7, 11) is 1.83. The van der Waals surface area contributed by atoms with Gasteiger partial charge < -0.3 is 19.9 Å². The second-order valence-corrected chi connectivity index (χ2v) is 7.31. The minimum absolute atomic E-state index is 0. The molecule has 7 heteroatoms. The molecule has 0 aliphatic carbocycles. The van der Waals surface area contributed by atoms with Gasteiger partial charge in [-0.25, -0.2) is 4.79 Å². The van der Waals surface area contributed by atoms with E-state index < -0.39 is 0 Å². The van der Waals surface area contributed by atoms with E-state index in [1.165, 1.54) is 5.56 Å².